The van der Waals surface area contributed by atoms with Gasteiger partial charge in [0.1, 0.15) is 5.82 Å². The highest BCUT2D eigenvalue weighted by Gasteiger charge is 2.17. The summed E-state index contributed by atoms with van der Waals surface area (Å²) in [5.41, 5.74) is 5.25. The van der Waals surface area contributed by atoms with Crippen molar-refractivity contribution < 1.29 is 9.53 Å². The number of imidazole rings is 1. The van der Waals surface area contributed by atoms with Crippen molar-refractivity contribution in [3.63, 3.8) is 0 Å². The summed E-state index contributed by atoms with van der Waals surface area (Å²) >= 11 is 0. The number of amides is 1. The molecule has 1 N–H and O–H groups in total. The van der Waals surface area contributed by atoms with Crippen molar-refractivity contribution in [2.75, 3.05) is 36.5 Å². The Morgan fingerprint density at radius 3 is 2.52 bits per heavy atom. The van der Waals surface area contributed by atoms with Gasteiger partial charge in [0.2, 0.25) is 0 Å². The largest absolute Gasteiger partial charge is 0.378 e. The van der Waals surface area contributed by atoms with E-state index in [0.29, 0.717) is 18.8 Å². The van der Waals surface area contributed by atoms with E-state index in [1.165, 1.54) is 0 Å². The number of rotatable bonds is 4. The van der Waals surface area contributed by atoms with E-state index < -0.39 is 0 Å². The first-order valence-electron chi connectivity index (χ1n) is 10.5. The van der Waals surface area contributed by atoms with Gasteiger partial charge in [-0.2, -0.15) is 0 Å². The Labute approximate surface area is 181 Å². The molecule has 156 valence electrons. The lowest BCUT2D eigenvalue weighted by Gasteiger charge is -2.30. The zero-order valence-corrected chi connectivity index (χ0v) is 17.4. The zero-order valence-electron chi connectivity index (χ0n) is 17.4. The number of hydrogen-bond donors (Lipinski definition) is 1. The van der Waals surface area contributed by atoms with E-state index in [1.807, 2.05) is 67.6 Å². The average Bonchev–Trinajstić information content (AvgIpc) is 3.15. The predicted octanol–water partition coefficient (Wildman–Crippen LogP) is 4.42. The molecule has 0 bridgehead atoms. The third-order valence-corrected chi connectivity index (χ3v) is 5.60. The van der Waals surface area contributed by atoms with Crippen LogP contribution < -0.4 is 10.2 Å². The van der Waals surface area contributed by atoms with Crippen molar-refractivity contribution >= 4 is 28.3 Å². The van der Waals surface area contributed by atoms with E-state index in [-0.39, 0.29) is 5.91 Å². The van der Waals surface area contributed by atoms with Crippen LogP contribution in [0.5, 0.6) is 0 Å². The molecule has 1 aliphatic rings. The number of ether oxygens (including phenoxy) is 1. The van der Waals surface area contributed by atoms with Gasteiger partial charge in [-0.15, -0.1) is 0 Å². The van der Waals surface area contributed by atoms with Gasteiger partial charge in [0, 0.05) is 24.3 Å². The van der Waals surface area contributed by atoms with Gasteiger partial charge in [-0.25, -0.2) is 4.98 Å². The fourth-order valence-electron chi connectivity index (χ4n) is 4.10. The topological polar surface area (TPSA) is 59.4 Å². The second-order valence-electron chi connectivity index (χ2n) is 7.60. The molecule has 1 aromatic heterocycles. The van der Waals surface area contributed by atoms with E-state index >= 15 is 0 Å². The molecular formula is C25H24N4O2. The summed E-state index contributed by atoms with van der Waals surface area (Å²) in [7, 11) is 0. The first-order chi connectivity index (χ1) is 15.2. The zero-order chi connectivity index (χ0) is 21.2. The van der Waals surface area contributed by atoms with Crippen molar-refractivity contribution in [2.45, 2.75) is 6.92 Å². The number of fused-ring (bicyclic) bond motifs is 1. The molecule has 0 saturated carbocycles. The molecule has 0 radical (unpaired) electrons. The van der Waals surface area contributed by atoms with Crippen LogP contribution in [0.4, 0.5) is 11.4 Å². The SMILES string of the molecule is Cc1nc2cc(C(=O)Nc3ccccc3N3CCOCC3)ccc2n1-c1ccccc1. The van der Waals surface area contributed by atoms with Gasteiger partial charge in [0.25, 0.3) is 5.91 Å². The van der Waals surface area contributed by atoms with Gasteiger partial charge in [-0.3, -0.25) is 9.36 Å². The van der Waals surface area contributed by atoms with Gasteiger partial charge in [0.05, 0.1) is 35.6 Å². The van der Waals surface area contributed by atoms with E-state index in [1.54, 1.807) is 0 Å². The molecular weight excluding hydrogens is 388 g/mol. The summed E-state index contributed by atoms with van der Waals surface area (Å²) in [4.78, 5) is 20.0. The number of benzene rings is 3. The molecule has 3 aromatic carbocycles. The standard InChI is InChI=1S/C25H24N4O2/c1-18-26-22-17-19(11-12-24(22)29(18)20-7-3-2-4-8-20)25(30)27-21-9-5-6-10-23(21)28-13-15-31-16-14-28/h2-12,17H,13-16H2,1H3,(H,27,30). The van der Waals surface area contributed by atoms with Gasteiger partial charge < -0.3 is 15.0 Å². The molecule has 0 aliphatic carbocycles. The Balaban J connectivity index is 1.44. The van der Waals surface area contributed by atoms with Crippen molar-refractivity contribution in [2.24, 2.45) is 0 Å². The van der Waals surface area contributed by atoms with E-state index in [0.717, 1.165) is 47.0 Å². The summed E-state index contributed by atoms with van der Waals surface area (Å²) in [5, 5.41) is 3.09. The highest BCUT2D eigenvalue weighted by Crippen LogP contribution is 2.28. The van der Waals surface area contributed by atoms with Gasteiger partial charge in [-0.1, -0.05) is 30.3 Å². The molecule has 6 nitrogen and oxygen atoms in total. The van der Waals surface area contributed by atoms with Crippen LogP contribution in [0.1, 0.15) is 16.2 Å². The van der Waals surface area contributed by atoms with Crippen molar-refractivity contribution in [1.82, 2.24) is 9.55 Å². The van der Waals surface area contributed by atoms with Crippen molar-refractivity contribution in [1.29, 1.82) is 0 Å². The summed E-state index contributed by atoms with van der Waals surface area (Å²) in [5.74, 6) is 0.742. The van der Waals surface area contributed by atoms with Crippen molar-refractivity contribution in [3.8, 4) is 5.69 Å². The van der Waals surface area contributed by atoms with Crippen LogP contribution in [-0.2, 0) is 4.74 Å². The molecule has 1 aliphatic heterocycles. The number of aryl methyl sites for hydroxylation is 1. The minimum Gasteiger partial charge on any atom is -0.378 e. The van der Waals surface area contributed by atoms with Crippen molar-refractivity contribution in [3.05, 3.63) is 84.2 Å². The quantitative estimate of drug-likeness (QED) is 0.539. The Morgan fingerprint density at radius 1 is 0.968 bits per heavy atom. The molecule has 2 heterocycles. The smallest absolute Gasteiger partial charge is 0.255 e. The second kappa shape index (κ2) is 8.24. The summed E-state index contributed by atoms with van der Waals surface area (Å²) in [6, 6.07) is 23.7. The number of morpholine rings is 1. The van der Waals surface area contributed by atoms with Crippen LogP contribution in [-0.4, -0.2) is 41.8 Å². The number of para-hydroxylation sites is 3. The highest BCUT2D eigenvalue weighted by atomic mass is 16.5. The highest BCUT2D eigenvalue weighted by molar-refractivity contribution is 6.07. The minimum atomic E-state index is -0.144. The lowest BCUT2D eigenvalue weighted by atomic mass is 10.1. The van der Waals surface area contributed by atoms with Gasteiger partial charge in [0.15, 0.2) is 0 Å². The summed E-state index contributed by atoms with van der Waals surface area (Å²) < 4.78 is 7.56. The van der Waals surface area contributed by atoms with E-state index in [9.17, 15) is 4.79 Å². The normalized spacial score (nSPS) is 14.0. The number of hydrogen-bond acceptors (Lipinski definition) is 4. The maximum absolute atomic E-state index is 13.1. The van der Waals surface area contributed by atoms with Crippen LogP contribution in [0.15, 0.2) is 72.8 Å². The average molecular weight is 412 g/mol. The molecule has 4 aromatic rings. The molecule has 0 unspecified atom stereocenters. The fraction of sp³-hybridized carbons (Fsp3) is 0.200. The first kappa shape index (κ1) is 19.3. The number of carbonyl (C=O) groups excluding carboxylic acids is 1. The summed E-state index contributed by atoms with van der Waals surface area (Å²) in [6.07, 6.45) is 0. The maximum Gasteiger partial charge on any atom is 0.255 e. The van der Waals surface area contributed by atoms with Crippen LogP contribution in [0, 0.1) is 6.92 Å². The van der Waals surface area contributed by atoms with E-state index in [4.69, 9.17) is 9.72 Å². The molecule has 1 fully saturated rings. The molecule has 5 rings (SSSR count). The molecule has 1 saturated heterocycles. The number of anilines is 2. The molecule has 1 amide bonds. The Hall–Kier alpha value is -3.64. The Kier molecular flexibility index (Phi) is 5.14. The van der Waals surface area contributed by atoms with Crippen LogP contribution >= 0.6 is 0 Å². The predicted molar refractivity (Wildman–Crippen MR) is 123 cm³/mol. The number of nitrogens with one attached hydrogen (secondary N) is 1. The molecule has 6 heteroatoms. The van der Waals surface area contributed by atoms with E-state index in [2.05, 4.69) is 26.9 Å². The van der Waals surface area contributed by atoms with Gasteiger partial charge >= 0.3 is 0 Å². The summed E-state index contributed by atoms with van der Waals surface area (Å²) in [6.45, 7) is 5.00. The van der Waals surface area contributed by atoms with Crippen LogP contribution in [0.25, 0.3) is 16.7 Å². The Bertz CT molecular complexity index is 1230. The maximum atomic E-state index is 13.1. The first-order valence-corrected chi connectivity index (χ1v) is 10.5. The minimum absolute atomic E-state index is 0.144. The number of carbonyl (C=O) groups is 1. The monoisotopic (exact) mass is 412 g/mol. The fourth-order valence-corrected chi connectivity index (χ4v) is 4.10. The second-order valence-corrected chi connectivity index (χ2v) is 7.60. The lowest BCUT2D eigenvalue weighted by Crippen LogP contribution is -2.36. The molecule has 31 heavy (non-hydrogen) atoms. The third-order valence-electron chi connectivity index (χ3n) is 5.60. The molecule has 0 spiro atoms. The Morgan fingerprint density at radius 2 is 1.71 bits per heavy atom. The molecule has 0 atom stereocenters. The third kappa shape index (κ3) is 3.78. The van der Waals surface area contributed by atoms with Crippen LogP contribution in [0.3, 0.4) is 0 Å². The van der Waals surface area contributed by atoms with Crippen LogP contribution in [0.2, 0.25) is 0 Å². The number of aromatic nitrogens is 2. The lowest BCUT2D eigenvalue weighted by molar-refractivity contribution is 0.102. The number of nitrogens with zero attached hydrogens (tertiary/aromatic N) is 3. The van der Waals surface area contributed by atoms with Gasteiger partial charge in [-0.05, 0) is 49.4 Å².